The second kappa shape index (κ2) is 4.66. The molecule has 1 heterocycles. The number of nitrogens with one attached hydrogen (secondary N) is 1. The molecular formula is C13H20N2O2. The van der Waals surface area contributed by atoms with Crippen LogP contribution in [0.2, 0.25) is 0 Å². The predicted molar refractivity (Wildman–Crippen MR) is 63.1 cm³/mol. The van der Waals surface area contributed by atoms with E-state index in [9.17, 15) is 10.1 Å². The summed E-state index contributed by atoms with van der Waals surface area (Å²) in [5, 5.41) is 12.4. The number of nitriles is 1. The normalized spacial score (nSPS) is 31.8. The van der Waals surface area contributed by atoms with Crippen molar-refractivity contribution in [1.29, 1.82) is 5.26 Å². The first-order chi connectivity index (χ1) is 8.10. The maximum Gasteiger partial charge on any atom is 0.240 e. The Morgan fingerprint density at radius 3 is 2.53 bits per heavy atom. The van der Waals surface area contributed by atoms with Gasteiger partial charge in [0.05, 0.1) is 18.2 Å². The average Bonchev–Trinajstić information content (AvgIpc) is 2.76. The highest BCUT2D eigenvalue weighted by atomic mass is 16.5. The van der Waals surface area contributed by atoms with Gasteiger partial charge in [-0.3, -0.25) is 4.79 Å². The molecule has 4 nitrogen and oxygen atoms in total. The number of hydrogen-bond acceptors (Lipinski definition) is 3. The summed E-state index contributed by atoms with van der Waals surface area (Å²) in [6.07, 6.45) is 5.33. The molecule has 0 aromatic rings. The molecule has 1 aliphatic carbocycles. The van der Waals surface area contributed by atoms with Crippen LogP contribution in [0.1, 0.15) is 45.4 Å². The van der Waals surface area contributed by atoms with Gasteiger partial charge in [-0.1, -0.05) is 19.3 Å². The van der Waals surface area contributed by atoms with E-state index >= 15 is 0 Å². The van der Waals surface area contributed by atoms with Crippen LogP contribution in [-0.4, -0.2) is 24.7 Å². The number of nitrogens with zero attached hydrogens (tertiary/aromatic N) is 1. The molecule has 2 aliphatic rings. The van der Waals surface area contributed by atoms with Gasteiger partial charge in [-0.25, -0.2) is 0 Å². The summed E-state index contributed by atoms with van der Waals surface area (Å²) in [5.41, 5.74) is -1.07. The molecule has 1 saturated heterocycles. The fourth-order valence-corrected chi connectivity index (χ4v) is 2.70. The van der Waals surface area contributed by atoms with Crippen molar-refractivity contribution in [2.75, 3.05) is 13.2 Å². The van der Waals surface area contributed by atoms with E-state index in [0.717, 1.165) is 25.7 Å². The first-order valence-electron chi connectivity index (χ1n) is 6.42. The second-order valence-corrected chi connectivity index (χ2v) is 5.57. The quantitative estimate of drug-likeness (QED) is 0.794. The molecule has 2 rings (SSSR count). The molecule has 1 amide bonds. The first-order valence-corrected chi connectivity index (χ1v) is 6.42. The molecule has 17 heavy (non-hydrogen) atoms. The van der Waals surface area contributed by atoms with E-state index in [1.54, 1.807) is 0 Å². The van der Waals surface area contributed by atoms with Crippen LogP contribution >= 0.6 is 0 Å². The zero-order valence-corrected chi connectivity index (χ0v) is 10.4. The highest BCUT2D eigenvalue weighted by Crippen LogP contribution is 2.36. The summed E-state index contributed by atoms with van der Waals surface area (Å²) >= 11 is 0. The molecule has 0 radical (unpaired) electrons. The number of carbonyl (C=O) groups excluding carboxylic acids is 1. The minimum Gasteiger partial charge on any atom is -0.379 e. The molecule has 1 saturated carbocycles. The van der Waals surface area contributed by atoms with E-state index in [2.05, 4.69) is 11.4 Å². The zero-order valence-electron chi connectivity index (χ0n) is 10.4. The third kappa shape index (κ3) is 2.44. The minimum atomic E-state index is -0.788. The van der Waals surface area contributed by atoms with Gasteiger partial charge in [0.1, 0.15) is 5.41 Å². The van der Waals surface area contributed by atoms with Gasteiger partial charge >= 0.3 is 0 Å². The Hall–Kier alpha value is -1.08. The van der Waals surface area contributed by atoms with Gasteiger partial charge in [0.25, 0.3) is 0 Å². The van der Waals surface area contributed by atoms with Crippen LogP contribution in [0.3, 0.4) is 0 Å². The maximum absolute atomic E-state index is 12.3. The highest BCUT2D eigenvalue weighted by molar-refractivity contribution is 5.86. The van der Waals surface area contributed by atoms with Crippen molar-refractivity contribution in [2.24, 2.45) is 5.41 Å². The van der Waals surface area contributed by atoms with Crippen molar-refractivity contribution in [3.8, 4) is 6.07 Å². The van der Waals surface area contributed by atoms with E-state index in [4.69, 9.17) is 4.74 Å². The molecular weight excluding hydrogens is 216 g/mol. The van der Waals surface area contributed by atoms with Crippen LogP contribution in [0.25, 0.3) is 0 Å². The predicted octanol–water partition coefficient (Wildman–Crippen LogP) is 1.76. The standard InChI is InChI=1S/C13H20N2O2/c1-12(7-8-17-10-12)15-11(16)13(9-14)5-3-2-4-6-13/h2-8,10H2,1H3,(H,15,16). The molecule has 0 aromatic heterocycles. The van der Waals surface area contributed by atoms with Crippen molar-refractivity contribution in [3.63, 3.8) is 0 Å². The lowest BCUT2D eigenvalue weighted by molar-refractivity contribution is -0.131. The molecule has 1 N–H and O–H groups in total. The topological polar surface area (TPSA) is 62.1 Å². The molecule has 0 spiro atoms. The number of rotatable bonds is 2. The number of carbonyl (C=O) groups is 1. The Labute approximate surface area is 102 Å². The second-order valence-electron chi connectivity index (χ2n) is 5.57. The molecule has 4 heteroatoms. The summed E-state index contributed by atoms with van der Waals surface area (Å²) in [4.78, 5) is 12.3. The van der Waals surface area contributed by atoms with E-state index in [-0.39, 0.29) is 11.4 Å². The Kier molecular flexibility index (Phi) is 3.39. The summed E-state index contributed by atoms with van der Waals surface area (Å²) in [6, 6.07) is 2.26. The lowest BCUT2D eigenvalue weighted by Crippen LogP contribution is -2.52. The van der Waals surface area contributed by atoms with Crippen LogP contribution < -0.4 is 5.32 Å². The van der Waals surface area contributed by atoms with Crippen LogP contribution in [-0.2, 0) is 9.53 Å². The number of hydrogen-bond donors (Lipinski definition) is 1. The Balaban J connectivity index is 2.05. The molecule has 94 valence electrons. The van der Waals surface area contributed by atoms with Crippen molar-refractivity contribution >= 4 is 5.91 Å². The van der Waals surface area contributed by atoms with Crippen LogP contribution in [0.4, 0.5) is 0 Å². The van der Waals surface area contributed by atoms with Gasteiger partial charge in [0.15, 0.2) is 0 Å². The van der Waals surface area contributed by atoms with Gasteiger partial charge in [0.2, 0.25) is 5.91 Å². The highest BCUT2D eigenvalue weighted by Gasteiger charge is 2.43. The van der Waals surface area contributed by atoms with Crippen molar-refractivity contribution in [3.05, 3.63) is 0 Å². The maximum atomic E-state index is 12.3. The van der Waals surface area contributed by atoms with E-state index in [1.165, 1.54) is 0 Å². The summed E-state index contributed by atoms with van der Waals surface area (Å²) in [6.45, 7) is 3.24. The van der Waals surface area contributed by atoms with E-state index in [1.807, 2.05) is 6.92 Å². The fourth-order valence-electron chi connectivity index (χ4n) is 2.70. The van der Waals surface area contributed by atoms with Crippen LogP contribution in [0.5, 0.6) is 0 Å². The SMILES string of the molecule is CC1(NC(=O)C2(C#N)CCCCC2)CCOC1. The number of ether oxygens (including phenoxy) is 1. The molecule has 1 unspecified atom stereocenters. The zero-order chi connectivity index (χ0) is 12.4. The Morgan fingerprint density at radius 1 is 1.29 bits per heavy atom. The molecule has 1 aliphatic heterocycles. The van der Waals surface area contributed by atoms with Gasteiger partial charge in [0, 0.05) is 6.61 Å². The van der Waals surface area contributed by atoms with Crippen molar-refractivity contribution < 1.29 is 9.53 Å². The largest absolute Gasteiger partial charge is 0.379 e. The van der Waals surface area contributed by atoms with E-state index in [0.29, 0.717) is 26.1 Å². The van der Waals surface area contributed by atoms with Crippen molar-refractivity contribution in [2.45, 2.75) is 51.0 Å². The van der Waals surface area contributed by atoms with Gasteiger partial charge in [-0.05, 0) is 26.2 Å². The molecule has 0 aromatic carbocycles. The molecule has 0 bridgehead atoms. The molecule has 1 atom stereocenters. The number of amides is 1. The molecule has 2 fully saturated rings. The monoisotopic (exact) mass is 236 g/mol. The van der Waals surface area contributed by atoms with Crippen LogP contribution in [0, 0.1) is 16.7 Å². The average molecular weight is 236 g/mol. The third-order valence-electron chi connectivity index (χ3n) is 3.99. The van der Waals surface area contributed by atoms with Gasteiger partial charge in [-0.2, -0.15) is 5.26 Å². The summed E-state index contributed by atoms with van der Waals surface area (Å²) < 4.78 is 5.32. The van der Waals surface area contributed by atoms with Gasteiger partial charge < -0.3 is 10.1 Å². The van der Waals surface area contributed by atoms with Crippen molar-refractivity contribution in [1.82, 2.24) is 5.32 Å². The third-order valence-corrected chi connectivity index (χ3v) is 3.99. The lowest BCUT2D eigenvalue weighted by Gasteiger charge is -2.33. The fraction of sp³-hybridized carbons (Fsp3) is 0.846. The first kappa shape index (κ1) is 12.4. The van der Waals surface area contributed by atoms with Crippen LogP contribution in [0.15, 0.2) is 0 Å². The summed E-state index contributed by atoms with van der Waals surface area (Å²) in [7, 11) is 0. The minimum absolute atomic E-state index is 0.0901. The van der Waals surface area contributed by atoms with E-state index < -0.39 is 5.41 Å². The summed E-state index contributed by atoms with van der Waals surface area (Å²) in [5.74, 6) is -0.0901. The smallest absolute Gasteiger partial charge is 0.240 e. The Morgan fingerprint density at radius 2 is 2.00 bits per heavy atom. The van der Waals surface area contributed by atoms with Gasteiger partial charge in [-0.15, -0.1) is 0 Å². The lowest BCUT2D eigenvalue weighted by atomic mass is 9.74. The Bertz CT molecular complexity index is 334.